The minimum absolute atomic E-state index is 0.799. The topological polar surface area (TPSA) is 65.2 Å². The molecule has 0 spiro atoms. The van der Waals surface area contributed by atoms with Crippen molar-refractivity contribution >= 4 is 17.0 Å². The van der Waals surface area contributed by atoms with Crippen molar-refractivity contribution in [2.45, 2.75) is 52.4 Å². The van der Waals surface area contributed by atoms with Crippen LogP contribution in [0.2, 0.25) is 0 Å². The molecule has 0 amide bonds. The lowest BCUT2D eigenvalue weighted by atomic mass is 10.1. The van der Waals surface area contributed by atoms with Gasteiger partial charge in [-0.3, -0.25) is 4.98 Å². The third-order valence-corrected chi connectivity index (χ3v) is 6.38. The fourth-order valence-corrected chi connectivity index (χ4v) is 4.62. The average Bonchev–Trinajstić information content (AvgIpc) is 3.35. The number of ether oxygens (including phenoxy) is 1. The molecule has 0 aromatic carbocycles. The normalized spacial score (nSPS) is 11.3. The summed E-state index contributed by atoms with van der Waals surface area (Å²) in [6, 6.07) is 8.21. The van der Waals surface area contributed by atoms with Crippen LogP contribution < -0.4 is 4.74 Å². The second-order valence-electron chi connectivity index (χ2n) is 7.48. The fraction of sp³-hybridized carbons (Fsp3) is 0.391. The Bertz CT molecular complexity index is 1120. The fourth-order valence-electron chi connectivity index (χ4n) is 3.68. The quantitative estimate of drug-likeness (QED) is 0.371. The minimum Gasteiger partial charge on any atom is -0.495 e. The molecule has 0 radical (unpaired) electrons. The van der Waals surface area contributed by atoms with Crippen LogP contribution in [0.25, 0.3) is 5.65 Å². The highest BCUT2D eigenvalue weighted by molar-refractivity contribution is 7.11. The van der Waals surface area contributed by atoms with Gasteiger partial charge in [0.2, 0.25) is 0 Å². The van der Waals surface area contributed by atoms with Crippen LogP contribution in [-0.2, 0) is 25.7 Å². The average molecular weight is 422 g/mol. The number of thiazole rings is 1. The number of rotatable bonds is 9. The van der Waals surface area contributed by atoms with E-state index in [0.717, 1.165) is 72.0 Å². The number of unbranched alkanes of at least 4 members (excludes halogenated alkanes) is 1. The number of nitrogens with zero attached hydrogens (tertiary/aromatic N) is 5. The van der Waals surface area contributed by atoms with Crippen LogP contribution in [0.4, 0.5) is 0 Å². The van der Waals surface area contributed by atoms with Gasteiger partial charge in [0.15, 0.2) is 5.65 Å². The molecule has 0 aliphatic rings. The summed E-state index contributed by atoms with van der Waals surface area (Å²) in [6.45, 7) is 4.16. The van der Waals surface area contributed by atoms with Gasteiger partial charge in [0.25, 0.3) is 0 Å². The van der Waals surface area contributed by atoms with E-state index in [9.17, 15) is 0 Å². The van der Waals surface area contributed by atoms with Crippen LogP contribution in [-0.4, -0.2) is 31.7 Å². The molecule has 4 heterocycles. The zero-order chi connectivity index (χ0) is 20.9. The molecule has 0 bridgehead atoms. The van der Waals surface area contributed by atoms with Gasteiger partial charge in [0.05, 0.1) is 30.2 Å². The number of fused-ring (bicyclic) bond motifs is 1. The van der Waals surface area contributed by atoms with Gasteiger partial charge in [-0.1, -0.05) is 0 Å². The first-order valence-electron chi connectivity index (χ1n) is 10.4. The number of aromatic nitrogens is 5. The van der Waals surface area contributed by atoms with Gasteiger partial charge in [0, 0.05) is 28.0 Å². The van der Waals surface area contributed by atoms with Crippen molar-refractivity contribution in [3.8, 4) is 5.75 Å². The van der Waals surface area contributed by atoms with Gasteiger partial charge in [-0.05, 0) is 70.6 Å². The molecule has 156 valence electrons. The molecule has 6 nitrogen and oxygen atoms in total. The number of aryl methyl sites for hydroxylation is 6. The van der Waals surface area contributed by atoms with Crippen LogP contribution in [0, 0.1) is 13.8 Å². The van der Waals surface area contributed by atoms with Gasteiger partial charge in [0.1, 0.15) is 5.75 Å². The summed E-state index contributed by atoms with van der Waals surface area (Å²) in [5.74, 6) is 0.799. The van der Waals surface area contributed by atoms with Crippen LogP contribution in [0.1, 0.15) is 45.5 Å². The lowest BCUT2D eigenvalue weighted by Crippen LogP contribution is -2.05. The van der Waals surface area contributed by atoms with E-state index in [1.165, 1.54) is 10.6 Å². The van der Waals surface area contributed by atoms with E-state index >= 15 is 0 Å². The smallest absolute Gasteiger partial charge is 0.155 e. The molecule has 0 unspecified atom stereocenters. The SMILES string of the molecule is COc1ccc(CCCCc2cc(CCc3sc(C)nc3C)n3nccc3n2)nc1. The molecular formula is C23H27N5OS. The second kappa shape index (κ2) is 9.34. The first-order valence-corrected chi connectivity index (χ1v) is 11.2. The lowest BCUT2D eigenvalue weighted by Gasteiger charge is -2.08. The van der Waals surface area contributed by atoms with Crippen molar-refractivity contribution in [1.29, 1.82) is 0 Å². The highest BCUT2D eigenvalue weighted by atomic mass is 32.1. The van der Waals surface area contributed by atoms with Crippen molar-refractivity contribution in [3.63, 3.8) is 0 Å². The van der Waals surface area contributed by atoms with Gasteiger partial charge < -0.3 is 4.74 Å². The van der Waals surface area contributed by atoms with Crippen LogP contribution in [0.5, 0.6) is 5.75 Å². The van der Waals surface area contributed by atoms with Gasteiger partial charge in [-0.25, -0.2) is 14.5 Å². The first kappa shape index (κ1) is 20.5. The molecule has 0 saturated heterocycles. The highest BCUT2D eigenvalue weighted by Gasteiger charge is 2.10. The van der Waals surface area contributed by atoms with Crippen LogP contribution in [0.15, 0.2) is 36.7 Å². The van der Waals surface area contributed by atoms with E-state index in [0.29, 0.717) is 0 Å². The summed E-state index contributed by atoms with van der Waals surface area (Å²) < 4.78 is 7.13. The van der Waals surface area contributed by atoms with Gasteiger partial charge >= 0.3 is 0 Å². The number of hydrogen-bond acceptors (Lipinski definition) is 6. The Morgan fingerprint density at radius 3 is 2.50 bits per heavy atom. The van der Waals surface area contributed by atoms with E-state index in [2.05, 4.69) is 35.0 Å². The zero-order valence-corrected chi connectivity index (χ0v) is 18.6. The predicted molar refractivity (Wildman–Crippen MR) is 119 cm³/mol. The summed E-state index contributed by atoms with van der Waals surface area (Å²) in [5.41, 5.74) is 5.53. The third-order valence-electron chi connectivity index (χ3n) is 5.24. The molecule has 0 fully saturated rings. The Morgan fingerprint density at radius 1 is 0.967 bits per heavy atom. The number of pyridine rings is 1. The maximum atomic E-state index is 5.17. The summed E-state index contributed by atoms with van der Waals surface area (Å²) >= 11 is 1.79. The van der Waals surface area contributed by atoms with E-state index in [-0.39, 0.29) is 0 Å². The van der Waals surface area contributed by atoms with Crippen molar-refractivity contribution in [1.82, 2.24) is 24.6 Å². The van der Waals surface area contributed by atoms with Crippen molar-refractivity contribution in [2.75, 3.05) is 7.11 Å². The molecule has 4 rings (SSSR count). The minimum atomic E-state index is 0.799. The maximum absolute atomic E-state index is 5.17. The van der Waals surface area contributed by atoms with E-state index < -0.39 is 0 Å². The standard InChI is InChI=1S/C23H27N5OS/c1-16-22(30-17(2)26-16)11-9-20-14-19(27-23-12-13-25-28(20)23)7-5-4-6-18-8-10-21(29-3)15-24-18/h8,10,12-15H,4-7,9,11H2,1-3H3. The number of hydrogen-bond donors (Lipinski definition) is 0. The summed E-state index contributed by atoms with van der Waals surface area (Å²) in [6.07, 6.45) is 9.62. The van der Waals surface area contributed by atoms with E-state index in [1.807, 2.05) is 28.9 Å². The molecular weight excluding hydrogens is 394 g/mol. The Hall–Kier alpha value is -2.80. The van der Waals surface area contributed by atoms with E-state index in [4.69, 9.17) is 9.72 Å². The molecule has 7 heteroatoms. The Morgan fingerprint density at radius 2 is 1.80 bits per heavy atom. The zero-order valence-electron chi connectivity index (χ0n) is 17.8. The Kier molecular flexibility index (Phi) is 6.38. The Balaban J connectivity index is 1.38. The lowest BCUT2D eigenvalue weighted by molar-refractivity contribution is 0.412. The highest BCUT2D eigenvalue weighted by Crippen LogP contribution is 2.20. The molecule has 0 aliphatic heterocycles. The second-order valence-corrected chi connectivity index (χ2v) is 8.77. The van der Waals surface area contributed by atoms with Gasteiger partial charge in [-0.2, -0.15) is 5.10 Å². The number of methoxy groups -OCH3 is 1. The summed E-state index contributed by atoms with van der Waals surface area (Å²) in [4.78, 5) is 15.2. The van der Waals surface area contributed by atoms with Crippen LogP contribution in [0.3, 0.4) is 0 Å². The van der Waals surface area contributed by atoms with E-state index in [1.54, 1.807) is 24.6 Å². The van der Waals surface area contributed by atoms with Crippen LogP contribution >= 0.6 is 11.3 Å². The molecule has 4 aromatic heterocycles. The van der Waals surface area contributed by atoms with Gasteiger partial charge in [-0.15, -0.1) is 11.3 Å². The summed E-state index contributed by atoms with van der Waals surface area (Å²) in [7, 11) is 1.66. The van der Waals surface area contributed by atoms with Crippen molar-refractivity contribution in [3.05, 3.63) is 69.3 Å². The van der Waals surface area contributed by atoms with Crippen molar-refractivity contribution < 1.29 is 4.74 Å². The molecule has 30 heavy (non-hydrogen) atoms. The first-order chi connectivity index (χ1) is 14.6. The molecule has 0 aliphatic carbocycles. The molecule has 0 N–H and O–H groups in total. The Labute approximate surface area is 181 Å². The molecule has 0 atom stereocenters. The third kappa shape index (κ3) is 4.84. The maximum Gasteiger partial charge on any atom is 0.155 e. The summed E-state index contributed by atoms with van der Waals surface area (Å²) in [5, 5.41) is 5.61. The predicted octanol–water partition coefficient (Wildman–Crippen LogP) is 4.56. The monoisotopic (exact) mass is 421 g/mol. The molecule has 4 aromatic rings. The van der Waals surface area contributed by atoms with Crippen molar-refractivity contribution in [2.24, 2.45) is 0 Å². The molecule has 0 saturated carbocycles. The largest absolute Gasteiger partial charge is 0.495 e.